The van der Waals surface area contributed by atoms with E-state index in [4.69, 9.17) is 16.3 Å². The van der Waals surface area contributed by atoms with Crippen LogP contribution in [0.15, 0.2) is 35.3 Å². The first-order valence-corrected chi connectivity index (χ1v) is 10.3. The van der Waals surface area contributed by atoms with Crippen LogP contribution in [0.25, 0.3) is 0 Å². The molecular weight excluding hydrogens is 414 g/mol. The highest BCUT2D eigenvalue weighted by atomic mass is 35.5. The molecule has 0 radical (unpaired) electrons. The van der Waals surface area contributed by atoms with Crippen molar-refractivity contribution >= 4 is 57.7 Å². The first kappa shape index (κ1) is 19.8. The Morgan fingerprint density at radius 1 is 1.17 bits per heavy atom. The summed E-state index contributed by atoms with van der Waals surface area (Å²) in [5, 5.41) is 0. The molecule has 3 amide bonds. The summed E-state index contributed by atoms with van der Waals surface area (Å²) < 4.78 is 5.70. The van der Waals surface area contributed by atoms with Gasteiger partial charge in [-0.15, -0.1) is 11.3 Å². The van der Waals surface area contributed by atoms with Crippen molar-refractivity contribution in [2.75, 3.05) is 36.1 Å². The summed E-state index contributed by atoms with van der Waals surface area (Å²) in [7, 11) is 0. The van der Waals surface area contributed by atoms with E-state index in [-0.39, 0.29) is 37.3 Å². The molecule has 2 saturated heterocycles. The Bertz CT molecular complexity index is 1030. The molecule has 0 bridgehead atoms. The first-order valence-electron chi connectivity index (χ1n) is 9.07. The number of aliphatic imine (C=N–C) groups is 1. The van der Waals surface area contributed by atoms with Crippen LogP contribution >= 0.6 is 22.9 Å². The van der Waals surface area contributed by atoms with E-state index in [0.717, 1.165) is 22.6 Å². The molecule has 9 heteroatoms. The van der Waals surface area contributed by atoms with Gasteiger partial charge < -0.3 is 14.5 Å². The van der Waals surface area contributed by atoms with Crippen molar-refractivity contribution in [1.82, 2.24) is 0 Å². The number of halogens is 1. The van der Waals surface area contributed by atoms with Gasteiger partial charge in [-0.05, 0) is 42.8 Å². The highest BCUT2D eigenvalue weighted by molar-refractivity contribution is 7.18. The zero-order valence-corrected chi connectivity index (χ0v) is 17.3. The summed E-state index contributed by atoms with van der Waals surface area (Å²) in [5.74, 6) is -0.578. The molecule has 1 aromatic heterocycles. The molecule has 7 nitrogen and oxygen atoms in total. The van der Waals surface area contributed by atoms with Crippen LogP contribution in [0.4, 0.5) is 11.4 Å². The molecule has 0 aliphatic carbocycles. The number of nitrogens with zero attached hydrogens (tertiary/aromatic N) is 3. The van der Waals surface area contributed by atoms with Gasteiger partial charge in [0, 0.05) is 17.9 Å². The van der Waals surface area contributed by atoms with Gasteiger partial charge in [0.15, 0.2) is 0 Å². The summed E-state index contributed by atoms with van der Waals surface area (Å²) in [4.78, 5) is 44.7. The number of morpholine rings is 1. The number of aryl methyl sites for hydroxylation is 1. The fraction of sp³-hybridized carbons (Fsp3) is 0.300. The number of benzene rings is 1. The lowest BCUT2D eigenvalue weighted by molar-refractivity contribution is -0.125. The van der Waals surface area contributed by atoms with Gasteiger partial charge in [-0.3, -0.25) is 14.4 Å². The van der Waals surface area contributed by atoms with Crippen molar-refractivity contribution in [1.29, 1.82) is 0 Å². The zero-order chi connectivity index (χ0) is 20.5. The van der Waals surface area contributed by atoms with Gasteiger partial charge >= 0.3 is 0 Å². The number of hydrogen-bond donors (Lipinski definition) is 0. The standard InChI is InChI=1S/C20H18ClN3O4S/c1-12-8-14(2-3-15(12)23-6-7-28-11-19(23)26)24-10-13(9-18(24)25)22-20(27)16-4-5-17(21)29-16/h2-5,8H,6-7,9-11H2,1H3. The second kappa shape index (κ2) is 8.06. The van der Waals surface area contributed by atoms with Crippen LogP contribution in [-0.2, 0) is 14.3 Å². The molecule has 0 unspecified atom stereocenters. The van der Waals surface area contributed by atoms with Gasteiger partial charge in [-0.1, -0.05) is 11.6 Å². The van der Waals surface area contributed by atoms with E-state index in [9.17, 15) is 14.4 Å². The number of thiophene rings is 1. The maximum Gasteiger partial charge on any atom is 0.287 e. The molecular formula is C20H18ClN3O4S. The molecule has 2 aliphatic rings. The van der Waals surface area contributed by atoms with E-state index in [1.54, 1.807) is 21.9 Å². The third-order valence-corrected chi connectivity index (χ3v) is 6.03. The maximum atomic E-state index is 12.5. The Hall–Kier alpha value is -2.55. The zero-order valence-electron chi connectivity index (χ0n) is 15.7. The number of carbonyl (C=O) groups is 3. The summed E-state index contributed by atoms with van der Waals surface area (Å²) >= 11 is 7.03. The topological polar surface area (TPSA) is 79.3 Å². The van der Waals surface area contributed by atoms with E-state index in [2.05, 4.69) is 4.99 Å². The van der Waals surface area contributed by atoms with Gasteiger partial charge in [0.05, 0.1) is 34.5 Å². The van der Waals surface area contributed by atoms with Gasteiger partial charge in [0.25, 0.3) is 11.8 Å². The van der Waals surface area contributed by atoms with Crippen LogP contribution in [0.5, 0.6) is 0 Å². The van der Waals surface area contributed by atoms with Gasteiger partial charge in [-0.2, -0.15) is 0 Å². The van der Waals surface area contributed by atoms with Crippen molar-refractivity contribution in [3.63, 3.8) is 0 Å². The fourth-order valence-corrected chi connectivity index (χ4v) is 4.35. The molecule has 1 aromatic carbocycles. The molecule has 0 saturated carbocycles. The number of carbonyl (C=O) groups excluding carboxylic acids is 3. The Balaban J connectivity index is 1.52. The van der Waals surface area contributed by atoms with E-state index in [1.165, 1.54) is 0 Å². The van der Waals surface area contributed by atoms with Crippen molar-refractivity contribution in [3.05, 3.63) is 45.1 Å². The normalized spacial score (nSPS) is 18.8. The number of ether oxygens (including phenoxy) is 1. The second-order valence-electron chi connectivity index (χ2n) is 6.81. The number of hydrogen-bond acceptors (Lipinski definition) is 5. The fourth-order valence-electron chi connectivity index (χ4n) is 3.42. The molecule has 150 valence electrons. The Morgan fingerprint density at radius 3 is 2.69 bits per heavy atom. The summed E-state index contributed by atoms with van der Waals surface area (Å²) in [6.45, 7) is 3.25. The minimum atomic E-state index is -0.385. The number of amides is 3. The van der Waals surface area contributed by atoms with Gasteiger partial charge in [0.1, 0.15) is 6.61 Å². The number of anilines is 2. The predicted molar refractivity (Wildman–Crippen MR) is 112 cm³/mol. The first-order chi connectivity index (χ1) is 13.9. The van der Waals surface area contributed by atoms with Crippen molar-refractivity contribution in [2.24, 2.45) is 4.99 Å². The van der Waals surface area contributed by atoms with Gasteiger partial charge in [0.2, 0.25) is 5.91 Å². The van der Waals surface area contributed by atoms with Crippen LogP contribution in [0, 0.1) is 6.92 Å². The molecule has 2 aliphatic heterocycles. The SMILES string of the molecule is Cc1cc(N2CC(=NC(=O)c3ccc(Cl)s3)CC2=O)ccc1N1CCOCC1=O. The predicted octanol–water partition coefficient (Wildman–Crippen LogP) is 3.09. The Morgan fingerprint density at radius 2 is 2.00 bits per heavy atom. The summed E-state index contributed by atoms with van der Waals surface area (Å²) in [6, 6.07) is 8.81. The third-order valence-electron chi connectivity index (χ3n) is 4.81. The van der Waals surface area contributed by atoms with Crippen LogP contribution < -0.4 is 9.80 Å². The molecule has 0 spiro atoms. The van der Waals surface area contributed by atoms with Crippen molar-refractivity contribution < 1.29 is 19.1 Å². The molecule has 0 N–H and O–H groups in total. The minimum absolute atomic E-state index is 0.0778. The largest absolute Gasteiger partial charge is 0.370 e. The summed E-state index contributed by atoms with van der Waals surface area (Å²) in [5.41, 5.74) is 2.94. The molecule has 0 atom stereocenters. The smallest absolute Gasteiger partial charge is 0.287 e. The quantitative estimate of drug-likeness (QED) is 0.748. The lowest BCUT2D eigenvalue weighted by Crippen LogP contribution is -2.42. The molecule has 29 heavy (non-hydrogen) atoms. The highest BCUT2D eigenvalue weighted by Crippen LogP contribution is 2.29. The lowest BCUT2D eigenvalue weighted by Gasteiger charge is -2.29. The Labute approximate surface area is 176 Å². The second-order valence-corrected chi connectivity index (χ2v) is 8.53. The van der Waals surface area contributed by atoms with Crippen LogP contribution in [-0.4, -0.2) is 49.7 Å². The monoisotopic (exact) mass is 431 g/mol. The number of rotatable bonds is 3. The third kappa shape index (κ3) is 4.10. The van der Waals surface area contributed by atoms with Gasteiger partial charge in [-0.25, -0.2) is 4.99 Å². The Kier molecular flexibility index (Phi) is 5.49. The van der Waals surface area contributed by atoms with Crippen LogP contribution in [0.1, 0.15) is 21.7 Å². The molecule has 3 heterocycles. The van der Waals surface area contributed by atoms with Crippen molar-refractivity contribution in [2.45, 2.75) is 13.3 Å². The molecule has 2 aromatic rings. The van der Waals surface area contributed by atoms with Crippen LogP contribution in [0.2, 0.25) is 4.34 Å². The average Bonchev–Trinajstić information content (AvgIpc) is 3.28. The van der Waals surface area contributed by atoms with Crippen molar-refractivity contribution in [3.8, 4) is 0 Å². The van der Waals surface area contributed by atoms with E-state index in [0.29, 0.717) is 33.8 Å². The van der Waals surface area contributed by atoms with Crippen LogP contribution in [0.3, 0.4) is 0 Å². The summed E-state index contributed by atoms with van der Waals surface area (Å²) in [6.07, 6.45) is 0.105. The average molecular weight is 432 g/mol. The highest BCUT2D eigenvalue weighted by Gasteiger charge is 2.29. The van der Waals surface area contributed by atoms with E-state index in [1.807, 2.05) is 25.1 Å². The lowest BCUT2D eigenvalue weighted by atomic mass is 10.1. The minimum Gasteiger partial charge on any atom is -0.370 e. The molecule has 4 rings (SSSR count). The molecule has 2 fully saturated rings. The van der Waals surface area contributed by atoms with E-state index < -0.39 is 0 Å². The maximum absolute atomic E-state index is 12.5. The van der Waals surface area contributed by atoms with E-state index >= 15 is 0 Å².